The number of likely N-dealkylation sites (N-methyl/N-ethyl adjacent to an activating group) is 1. The van der Waals surface area contributed by atoms with Gasteiger partial charge >= 0.3 is 0 Å². The quantitative estimate of drug-likeness (QED) is 0.790. The van der Waals surface area contributed by atoms with Crippen LogP contribution in [-0.4, -0.2) is 36.1 Å². The fraction of sp³-hybridized carbons (Fsp3) is 0.500. The van der Waals surface area contributed by atoms with Gasteiger partial charge in [0.15, 0.2) is 0 Å². The summed E-state index contributed by atoms with van der Waals surface area (Å²) in [5.41, 5.74) is 0. The lowest BCUT2D eigenvalue weighted by Crippen LogP contribution is -2.48. The van der Waals surface area contributed by atoms with Crippen molar-refractivity contribution in [2.24, 2.45) is 0 Å². The highest BCUT2D eigenvalue weighted by Crippen LogP contribution is 2.21. The van der Waals surface area contributed by atoms with E-state index in [-0.39, 0.29) is 0 Å². The summed E-state index contributed by atoms with van der Waals surface area (Å²) in [6, 6.07) is 2.08. The third-order valence-electron chi connectivity index (χ3n) is 2.65. The smallest absolute Gasteiger partial charge is 0.227 e. The second-order valence-electron chi connectivity index (χ2n) is 3.68. The number of hydrogen-bond acceptors (Lipinski definition) is 3. The molecule has 2 rings (SSSR count). The minimum atomic E-state index is -0.511. The molecule has 5 heteroatoms. The van der Waals surface area contributed by atoms with Crippen molar-refractivity contribution in [3.8, 4) is 5.75 Å². The third-order valence-corrected chi connectivity index (χ3v) is 3.21. The highest BCUT2D eigenvalue weighted by atomic mass is 79.9. The molecular formula is C10H12BrFN2O. The van der Waals surface area contributed by atoms with Crippen molar-refractivity contribution < 1.29 is 9.13 Å². The number of rotatable bonds is 3. The largest absolute Gasteiger partial charge is 0.490 e. The van der Waals surface area contributed by atoms with Crippen LogP contribution < -0.4 is 4.74 Å². The van der Waals surface area contributed by atoms with Crippen LogP contribution >= 0.6 is 15.9 Å². The molecule has 1 aliphatic heterocycles. The lowest BCUT2D eigenvalue weighted by atomic mass is 10.1. The lowest BCUT2D eigenvalue weighted by molar-refractivity contribution is 0.0766. The van der Waals surface area contributed by atoms with Gasteiger partial charge in [-0.2, -0.15) is 4.39 Å². The summed E-state index contributed by atoms with van der Waals surface area (Å²) in [6.07, 6.45) is 2.56. The van der Waals surface area contributed by atoms with Gasteiger partial charge in [-0.3, -0.25) is 4.90 Å². The molecule has 1 aromatic heterocycles. The van der Waals surface area contributed by atoms with Gasteiger partial charge in [0.2, 0.25) is 5.95 Å². The predicted molar refractivity (Wildman–Crippen MR) is 58.4 cm³/mol. The lowest BCUT2D eigenvalue weighted by Gasteiger charge is -2.37. The maximum absolute atomic E-state index is 12.8. The summed E-state index contributed by atoms with van der Waals surface area (Å²) >= 11 is 3.07. The van der Waals surface area contributed by atoms with Gasteiger partial charge in [0.1, 0.15) is 12.4 Å². The molecular weight excluding hydrogens is 263 g/mol. The first kappa shape index (κ1) is 10.8. The minimum Gasteiger partial charge on any atom is -0.490 e. The molecule has 0 radical (unpaired) electrons. The molecule has 1 fully saturated rings. The van der Waals surface area contributed by atoms with Gasteiger partial charge in [0, 0.05) is 12.1 Å². The average Bonchev–Trinajstić information content (AvgIpc) is 2.21. The van der Waals surface area contributed by atoms with E-state index in [4.69, 9.17) is 4.74 Å². The summed E-state index contributed by atoms with van der Waals surface area (Å²) < 4.78 is 18.7. The molecule has 0 N–H and O–H groups in total. The van der Waals surface area contributed by atoms with Gasteiger partial charge in [-0.1, -0.05) is 0 Å². The van der Waals surface area contributed by atoms with E-state index in [1.54, 1.807) is 6.07 Å². The minimum absolute atomic E-state index is 0.335. The summed E-state index contributed by atoms with van der Waals surface area (Å²) in [5.74, 6) is 0.0895. The standard InChI is InChI=1S/C10H12BrFN2O/c1-14-3-2-7(14)6-15-8-4-9(11)10(12)13-5-8/h4-5,7H,2-3,6H2,1H3/t7-/m1/s1. The first-order valence-electron chi connectivity index (χ1n) is 4.81. The van der Waals surface area contributed by atoms with Crippen LogP contribution in [0.15, 0.2) is 16.7 Å². The van der Waals surface area contributed by atoms with Crippen LogP contribution in [0.2, 0.25) is 0 Å². The molecule has 0 bridgehead atoms. The maximum atomic E-state index is 12.8. The SMILES string of the molecule is CN1CC[C@@H]1COc1cnc(F)c(Br)c1. The Bertz CT molecular complexity index is 361. The zero-order valence-electron chi connectivity index (χ0n) is 8.41. The van der Waals surface area contributed by atoms with E-state index in [2.05, 4.69) is 32.9 Å². The van der Waals surface area contributed by atoms with Gasteiger partial charge in [-0.25, -0.2) is 4.98 Å². The van der Waals surface area contributed by atoms with E-state index in [1.807, 2.05) is 0 Å². The molecule has 0 aromatic carbocycles. The molecule has 0 amide bonds. The van der Waals surface area contributed by atoms with Crippen LogP contribution in [0.4, 0.5) is 4.39 Å². The number of pyridine rings is 1. The molecule has 0 saturated carbocycles. The molecule has 1 saturated heterocycles. The van der Waals surface area contributed by atoms with E-state index < -0.39 is 5.95 Å². The Labute approximate surface area is 96.4 Å². The van der Waals surface area contributed by atoms with Gasteiger partial charge in [-0.15, -0.1) is 0 Å². The van der Waals surface area contributed by atoms with Crippen molar-refractivity contribution in [3.05, 3.63) is 22.7 Å². The normalized spacial score (nSPS) is 21.1. The van der Waals surface area contributed by atoms with Crippen molar-refractivity contribution >= 4 is 15.9 Å². The third kappa shape index (κ3) is 2.46. The van der Waals surface area contributed by atoms with E-state index in [1.165, 1.54) is 6.20 Å². The number of halogens is 2. The molecule has 15 heavy (non-hydrogen) atoms. The zero-order chi connectivity index (χ0) is 10.8. The Balaban J connectivity index is 1.90. The van der Waals surface area contributed by atoms with E-state index in [0.29, 0.717) is 22.9 Å². The number of aromatic nitrogens is 1. The molecule has 0 aliphatic carbocycles. The van der Waals surface area contributed by atoms with Crippen LogP contribution in [-0.2, 0) is 0 Å². The van der Waals surface area contributed by atoms with Crippen LogP contribution in [0, 0.1) is 5.95 Å². The number of likely N-dealkylation sites (tertiary alicyclic amines) is 1. The fourth-order valence-corrected chi connectivity index (χ4v) is 1.78. The molecule has 0 spiro atoms. The van der Waals surface area contributed by atoms with Gasteiger partial charge in [-0.05, 0) is 35.9 Å². The Hall–Kier alpha value is -0.680. The molecule has 2 heterocycles. The Morgan fingerprint density at radius 2 is 2.53 bits per heavy atom. The van der Waals surface area contributed by atoms with E-state index >= 15 is 0 Å². The van der Waals surface area contributed by atoms with Gasteiger partial charge in [0.05, 0.1) is 10.7 Å². The number of ether oxygens (including phenoxy) is 1. The van der Waals surface area contributed by atoms with Crippen molar-refractivity contribution in [1.29, 1.82) is 0 Å². The number of hydrogen-bond donors (Lipinski definition) is 0. The first-order chi connectivity index (χ1) is 7.16. The van der Waals surface area contributed by atoms with Crippen molar-refractivity contribution in [3.63, 3.8) is 0 Å². The Morgan fingerprint density at radius 3 is 3.07 bits per heavy atom. The van der Waals surface area contributed by atoms with Crippen LogP contribution in [0.3, 0.4) is 0 Å². The van der Waals surface area contributed by atoms with Gasteiger partial charge < -0.3 is 4.74 Å². The van der Waals surface area contributed by atoms with E-state index in [0.717, 1.165) is 13.0 Å². The second kappa shape index (κ2) is 4.45. The molecule has 82 valence electrons. The predicted octanol–water partition coefficient (Wildman–Crippen LogP) is 2.07. The maximum Gasteiger partial charge on any atom is 0.227 e. The van der Waals surface area contributed by atoms with Crippen LogP contribution in [0.1, 0.15) is 6.42 Å². The Morgan fingerprint density at radius 1 is 1.73 bits per heavy atom. The molecule has 1 aromatic rings. The summed E-state index contributed by atoms with van der Waals surface area (Å²) in [5, 5.41) is 0. The molecule has 0 unspecified atom stereocenters. The summed E-state index contributed by atoms with van der Waals surface area (Å²) in [6.45, 7) is 1.76. The summed E-state index contributed by atoms with van der Waals surface area (Å²) in [7, 11) is 2.07. The second-order valence-corrected chi connectivity index (χ2v) is 4.53. The van der Waals surface area contributed by atoms with Gasteiger partial charge in [0.25, 0.3) is 0 Å². The van der Waals surface area contributed by atoms with Crippen molar-refractivity contribution in [2.75, 3.05) is 20.2 Å². The molecule has 1 atom stereocenters. The zero-order valence-corrected chi connectivity index (χ0v) is 10.00. The fourth-order valence-electron chi connectivity index (χ4n) is 1.46. The summed E-state index contributed by atoms with van der Waals surface area (Å²) in [4.78, 5) is 5.80. The van der Waals surface area contributed by atoms with E-state index in [9.17, 15) is 4.39 Å². The average molecular weight is 275 g/mol. The van der Waals surface area contributed by atoms with Crippen LogP contribution in [0.5, 0.6) is 5.75 Å². The Kier molecular flexibility index (Phi) is 3.21. The topological polar surface area (TPSA) is 25.4 Å². The monoisotopic (exact) mass is 274 g/mol. The first-order valence-corrected chi connectivity index (χ1v) is 5.60. The van der Waals surface area contributed by atoms with Crippen molar-refractivity contribution in [1.82, 2.24) is 9.88 Å². The number of nitrogens with zero attached hydrogens (tertiary/aromatic N) is 2. The van der Waals surface area contributed by atoms with Crippen molar-refractivity contribution in [2.45, 2.75) is 12.5 Å². The highest BCUT2D eigenvalue weighted by molar-refractivity contribution is 9.10. The van der Waals surface area contributed by atoms with Crippen LogP contribution in [0.25, 0.3) is 0 Å². The molecule has 1 aliphatic rings. The highest BCUT2D eigenvalue weighted by Gasteiger charge is 2.24. The molecule has 3 nitrogen and oxygen atoms in total.